The highest BCUT2D eigenvalue weighted by Gasteiger charge is 2.21. The zero-order valence-corrected chi connectivity index (χ0v) is 14.4. The van der Waals surface area contributed by atoms with Gasteiger partial charge in [0.1, 0.15) is 0 Å². The molecule has 7 heteroatoms. The summed E-state index contributed by atoms with van der Waals surface area (Å²) in [6, 6.07) is 1.69. The lowest BCUT2D eigenvalue weighted by Crippen LogP contribution is -2.34. The Kier molecular flexibility index (Phi) is 5.79. The first-order chi connectivity index (χ1) is 9.92. The van der Waals surface area contributed by atoms with Crippen molar-refractivity contribution in [3.05, 3.63) is 15.8 Å². The van der Waals surface area contributed by atoms with Gasteiger partial charge in [-0.3, -0.25) is 0 Å². The van der Waals surface area contributed by atoms with Crippen molar-refractivity contribution in [2.45, 2.75) is 38.1 Å². The third-order valence-corrected chi connectivity index (χ3v) is 6.56. The first kappa shape index (κ1) is 16.9. The predicted octanol–water partition coefficient (Wildman–Crippen LogP) is 1.53. The standard InChI is InChI=1S/C14H25N3O2S2/c1-11(10-17-5-3-4-6-17)9-16-21(18,19)14-7-13(8-15)20-12(14)2/h7,11,16H,3-6,8-10,15H2,1-2H3. The number of rotatable bonds is 7. The molecule has 1 aliphatic rings. The van der Waals surface area contributed by atoms with E-state index in [1.54, 1.807) is 6.07 Å². The van der Waals surface area contributed by atoms with Gasteiger partial charge >= 0.3 is 0 Å². The Balaban J connectivity index is 1.92. The fourth-order valence-electron chi connectivity index (χ4n) is 2.69. The molecule has 1 aromatic rings. The average Bonchev–Trinajstić information content (AvgIpc) is 3.06. The zero-order valence-electron chi connectivity index (χ0n) is 12.8. The molecule has 3 N–H and O–H groups in total. The van der Waals surface area contributed by atoms with Crippen LogP contribution in [0.3, 0.4) is 0 Å². The van der Waals surface area contributed by atoms with Gasteiger partial charge in [-0.05, 0) is 44.8 Å². The highest BCUT2D eigenvalue weighted by atomic mass is 32.2. The van der Waals surface area contributed by atoms with E-state index in [0.717, 1.165) is 29.4 Å². The van der Waals surface area contributed by atoms with E-state index in [2.05, 4.69) is 16.5 Å². The lowest BCUT2D eigenvalue weighted by atomic mass is 10.2. The normalized spacial score (nSPS) is 18.2. The van der Waals surface area contributed by atoms with Crippen molar-refractivity contribution >= 4 is 21.4 Å². The van der Waals surface area contributed by atoms with Crippen molar-refractivity contribution in [3.63, 3.8) is 0 Å². The van der Waals surface area contributed by atoms with Crippen molar-refractivity contribution in [1.82, 2.24) is 9.62 Å². The van der Waals surface area contributed by atoms with E-state index in [1.165, 1.54) is 24.2 Å². The smallest absolute Gasteiger partial charge is 0.241 e. The molecule has 120 valence electrons. The maximum absolute atomic E-state index is 12.4. The first-order valence-electron chi connectivity index (χ1n) is 7.44. The minimum absolute atomic E-state index is 0.311. The van der Waals surface area contributed by atoms with Gasteiger partial charge in [0.25, 0.3) is 0 Å². The average molecular weight is 332 g/mol. The van der Waals surface area contributed by atoms with Crippen LogP contribution in [0.4, 0.5) is 0 Å². The molecule has 1 atom stereocenters. The Morgan fingerprint density at radius 3 is 2.67 bits per heavy atom. The maximum Gasteiger partial charge on any atom is 0.241 e. The Morgan fingerprint density at radius 2 is 2.10 bits per heavy atom. The second-order valence-electron chi connectivity index (χ2n) is 5.80. The monoisotopic (exact) mass is 331 g/mol. The van der Waals surface area contributed by atoms with E-state index in [9.17, 15) is 8.42 Å². The van der Waals surface area contributed by atoms with Crippen molar-refractivity contribution in [2.75, 3.05) is 26.2 Å². The molecule has 0 aliphatic carbocycles. The summed E-state index contributed by atoms with van der Waals surface area (Å²) in [5.74, 6) is 0.311. The Labute approximate surface area is 131 Å². The third kappa shape index (κ3) is 4.50. The van der Waals surface area contributed by atoms with Gasteiger partial charge in [-0.2, -0.15) is 0 Å². The van der Waals surface area contributed by atoms with Crippen LogP contribution in [-0.2, 0) is 16.6 Å². The highest BCUT2D eigenvalue weighted by Crippen LogP contribution is 2.25. The van der Waals surface area contributed by atoms with Crippen LogP contribution in [0.15, 0.2) is 11.0 Å². The summed E-state index contributed by atoms with van der Waals surface area (Å²) < 4.78 is 27.5. The molecule has 21 heavy (non-hydrogen) atoms. The molecule has 1 fully saturated rings. The number of thiophene rings is 1. The molecule has 0 aromatic carbocycles. The molecule has 1 aromatic heterocycles. The van der Waals surface area contributed by atoms with Gasteiger partial charge < -0.3 is 10.6 Å². The lowest BCUT2D eigenvalue weighted by Gasteiger charge is -2.20. The van der Waals surface area contributed by atoms with Crippen LogP contribution < -0.4 is 10.5 Å². The van der Waals surface area contributed by atoms with Crippen LogP contribution in [0.25, 0.3) is 0 Å². The number of nitrogens with zero attached hydrogens (tertiary/aromatic N) is 1. The lowest BCUT2D eigenvalue weighted by molar-refractivity contribution is 0.288. The molecule has 2 rings (SSSR count). The molecule has 1 aliphatic heterocycles. The minimum Gasteiger partial charge on any atom is -0.326 e. The third-order valence-electron chi connectivity index (χ3n) is 3.80. The molecule has 1 unspecified atom stereocenters. The van der Waals surface area contributed by atoms with Crippen molar-refractivity contribution in [3.8, 4) is 0 Å². The molecule has 0 radical (unpaired) electrons. The van der Waals surface area contributed by atoms with Gasteiger partial charge in [-0.15, -0.1) is 11.3 Å². The van der Waals surface area contributed by atoms with Crippen LogP contribution in [0.1, 0.15) is 29.5 Å². The van der Waals surface area contributed by atoms with E-state index in [0.29, 0.717) is 23.9 Å². The molecule has 0 spiro atoms. The van der Waals surface area contributed by atoms with E-state index in [-0.39, 0.29) is 0 Å². The molecule has 5 nitrogen and oxygen atoms in total. The van der Waals surface area contributed by atoms with Crippen LogP contribution in [0.2, 0.25) is 0 Å². The summed E-state index contributed by atoms with van der Waals surface area (Å²) >= 11 is 1.45. The summed E-state index contributed by atoms with van der Waals surface area (Å²) in [6.07, 6.45) is 2.52. The molecular formula is C14H25N3O2S2. The van der Waals surface area contributed by atoms with Crippen LogP contribution in [-0.4, -0.2) is 39.5 Å². The number of hydrogen-bond donors (Lipinski definition) is 2. The summed E-state index contributed by atoms with van der Waals surface area (Å²) in [4.78, 5) is 4.48. The number of nitrogens with two attached hydrogens (primary N) is 1. The fraction of sp³-hybridized carbons (Fsp3) is 0.714. The molecular weight excluding hydrogens is 306 g/mol. The number of likely N-dealkylation sites (tertiary alicyclic amines) is 1. The topological polar surface area (TPSA) is 75.4 Å². The molecule has 2 heterocycles. The van der Waals surface area contributed by atoms with Gasteiger partial charge in [0.2, 0.25) is 10.0 Å². The van der Waals surface area contributed by atoms with Crippen LogP contribution >= 0.6 is 11.3 Å². The molecule has 0 amide bonds. The van der Waals surface area contributed by atoms with Gasteiger partial charge in [-0.25, -0.2) is 13.1 Å². The van der Waals surface area contributed by atoms with Crippen molar-refractivity contribution in [1.29, 1.82) is 0 Å². The first-order valence-corrected chi connectivity index (χ1v) is 9.73. The van der Waals surface area contributed by atoms with Crippen LogP contribution in [0, 0.1) is 12.8 Å². The van der Waals surface area contributed by atoms with Gasteiger partial charge in [0, 0.05) is 29.4 Å². The van der Waals surface area contributed by atoms with Gasteiger partial charge in [-0.1, -0.05) is 6.92 Å². The quantitative estimate of drug-likeness (QED) is 0.794. The van der Waals surface area contributed by atoms with E-state index < -0.39 is 10.0 Å². The Morgan fingerprint density at radius 1 is 1.43 bits per heavy atom. The Hall–Kier alpha value is -0.470. The van der Waals surface area contributed by atoms with E-state index in [1.807, 2.05) is 6.92 Å². The number of aryl methyl sites for hydroxylation is 1. The molecule has 0 bridgehead atoms. The maximum atomic E-state index is 12.4. The second-order valence-corrected chi connectivity index (χ2v) is 8.88. The molecule has 1 saturated heterocycles. The summed E-state index contributed by atoms with van der Waals surface area (Å²) in [7, 11) is -3.42. The van der Waals surface area contributed by atoms with E-state index >= 15 is 0 Å². The SMILES string of the molecule is Cc1sc(CN)cc1S(=O)(=O)NCC(C)CN1CCCC1. The summed E-state index contributed by atoms with van der Waals surface area (Å²) in [5, 5.41) is 0. The van der Waals surface area contributed by atoms with Gasteiger partial charge in [0.05, 0.1) is 4.90 Å². The number of hydrogen-bond acceptors (Lipinski definition) is 5. The number of nitrogens with one attached hydrogen (secondary N) is 1. The van der Waals surface area contributed by atoms with Crippen LogP contribution in [0.5, 0.6) is 0 Å². The van der Waals surface area contributed by atoms with Crippen molar-refractivity contribution < 1.29 is 8.42 Å². The highest BCUT2D eigenvalue weighted by molar-refractivity contribution is 7.89. The Bertz CT molecular complexity index is 563. The zero-order chi connectivity index (χ0) is 15.5. The largest absolute Gasteiger partial charge is 0.326 e. The van der Waals surface area contributed by atoms with Crippen molar-refractivity contribution in [2.24, 2.45) is 11.7 Å². The predicted molar refractivity (Wildman–Crippen MR) is 87.0 cm³/mol. The number of sulfonamides is 1. The second kappa shape index (κ2) is 7.19. The fourth-order valence-corrected chi connectivity index (χ4v) is 5.37. The van der Waals surface area contributed by atoms with Gasteiger partial charge in [0.15, 0.2) is 0 Å². The minimum atomic E-state index is -3.42. The molecule has 0 saturated carbocycles. The summed E-state index contributed by atoms with van der Waals surface area (Å²) in [6.45, 7) is 8.01. The van der Waals surface area contributed by atoms with E-state index in [4.69, 9.17) is 5.73 Å². The summed E-state index contributed by atoms with van der Waals surface area (Å²) in [5.41, 5.74) is 5.58.